The van der Waals surface area contributed by atoms with Gasteiger partial charge in [-0.15, -0.1) is 11.3 Å². The molecule has 2 aliphatic heterocycles. The molecule has 0 bridgehead atoms. The van der Waals surface area contributed by atoms with Crippen LogP contribution >= 0.6 is 11.3 Å². The molecule has 0 aromatic carbocycles. The van der Waals surface area contributed by atoms with Gasteiger partial charge in [-0.25, -0.2) is 14.2 Å². The van der Waals surface area contributed by atoms with Crippen molar-refractivity contribution in [3.8, 4) is 22.6 Å². The molecule has 1 amide bonds. The van der Waals surface area contributed by atoms with E-state index in [0.29, 0.717) is 30.0 Å². The number of allylic oxidation sites excluding steroid dienone is 1. The fraction of sp³-hybridized carbons (Fsp3) is 0.535. The minimum absolute atomic E-state index is 0.107. The Bertz CT molecular complexity index is 1900. The average molecular weight is 817 g/mol. The van der Waals surface area contributed by atoms with E-state index >= 15 is 0 Å². The predicted octanol–water partition coefficient (Wildman–Crippen LogP) is 11.9. The number of ether oxygens (including phenoxy) is 3. The highest BCUT2D eigenvalue weighted by Crippen LogP contribution is 2.41. The number of hydrogen-bond acceptors (Lipinski definition) is 9. The third-order valence-corrected chi connectivity index (χ3v) is 9.72. The molecule has 2 aliphatic rings. The number of likely N-dealkylation sites (N-methyl/N-ethyl adjacent to an activating group) is 1. The Morgan fingerprint density at radius 2 is 1.72 bits per heavy atom. The predicted molar refractivity (Wildman–Crippen MR) is 227 cm³/mol. The molecule has 0 radical (unpaired) electrons. The maximum atomic E-state index is 14.5. The van der Waals surface area contributed by atoms with Crippen molar-refractivity contribution in [2.24, 2.45) is 0 Å². The molecule has 0 spiro atoms. The lowest BCUT2D eigenvalue weighted by Gasteiger charge is -2.35. The molecule has 0 fully saturated rings. The quantitative estimate of drug-likeness (QED) is 0.128. The summed E-state index contributed by atoms with van der Waals surface area (Å²) < 4.78 is 53.7. The number of alkyl halides is 2. The normalized spacial score (nSPS) is 16.3. The first-order valence-corrected chi connectivity index (χ1v) is 20.7. The number of aromatic nitrogens is 4. The van der Waals surface area contributed by atoms with Gasteiger partial charge in [-0.2, -0.15) is 13.9 Å². The largest absolute Gasteiger partial charge is 0.499 e. The van der Waals surface area contributed by atoms with Gasteiger partial charge in [-0.05, 0) is 83.8 Å². The Kier molecular flexibility index (Phi) is 19.9. The van der Waals surface area contributed by atoms with Crippen molar-refractivity contribution in [3.63, 3.8) is 0 Å². The highest BCUT2D eigenvalue weighted by atomic mass is 32.1. The van der Waals surface area contributed by atoms with E-state index in [0.717, 1.165) is 45.7 Å². The molecule has 14 heteroatoms. The number of halogens is 3. The first kappa shape index (κ1) is 48.9. The third-order valence-electron chi connectivity index (χ3n) is 8.77. The molecule has 10 nitrogen and oxygen atoms in total. The Labute approximate surface area is 341 Å². The fourth-order valence-corrected chi connectivity index (χ4v) is 7.09. The van der Waals surface area contributed by atoms with Crippen LogP contribution in [0, 0.1) is 0 Å². The number of carbonyl (C=O) groups is 1. The lowest BCUT2D eigenvalue weighted by Crippen LogP contribution is -2.43. The molecule has 2 atom stereocenters. The smallest absolute Gasteiger partial charge is 0.410 e. The molecule has 6 heterocycles. The SMILES string of the molecule is C=COCCOC(F)F.CC.CC.CC.CC(F)=Cc1c(-c2cc3n(n2)CCN(C(=O)OC(C)(C)C)[C@@H]3C)nc(-c2cnc3c(c2)C(C)N(C)CC3)c2ccsc12. The third kappa shape index (κ3) is 12.9. The van der Waals surface area contributed by atoms with Crippen LogP contribution in [-0.4, -0.2) is 81.2 Å². The molecular formula is C43H63F3N6O4S. The van der Waals surface area contributed by atoms with Gasteiger partial charge in [-0.1, -0.05) is 48.1 Å². The van der Waals surface area contributed by atoms with Crippen molar-refractivity contribution in [3.05, 3.63) is 71.0 Å². The van der Waals surface area contributed by atoms with Gasteiger partial charge in [-0.3, -0.25) is 19.5 Å². The lowest BCUT2D eigenvalue weighted by molar-refractivity contribution is -0.135. The number of carbonyl (C=O) groups excluding carboxylic acids is 1. The van der Waals surface area contributed by atoms with Crippen LogP contribution < -0.4 is 0 Å². The molecule has 6 rings (SSSR count). The van der Waals surface area contributed by atoms with E-state index < -0.39 is 12.2 Å². The van der Waals surface area contributed by atoms with Gasteiger partial charge in [0, 0.05) is 58.7 Å². The van der Waals surface area contributed by atoms with Crippen LogP contribution in [0.3, 0.4) is 0 Å². The molecule has 316 valence electrons. The monoisotopic (exact) mass is 816 g/mol. The number of nitrogens with zero attached hydrogens (tertiary/aromatic N) is 6. The Balaban J connectivity index is 0.000000649. The van der Waals surface area contributed by atoms with E-state index in [2.05, 4.69) is 41.0 Å². The standard InChI is InChI=1S/C32H37FN6O2S.C5H8F2O2.3C2H6/c1-18(33)14-24-29(26-16-27-20(3)38(11-12-39(27)36-26)31(40)41-32(4,5)6)35-28(22-9-13-42-30(22)24)21-15-23-19(2)37(7)10-8-25(23)34-17-21;1-2-8-3-4-9-5(6)7;3*1-2/h9,13-17,19-20H,8,10-12H2,1-7H3;2,5H,1,3-4H2;3*1-2H3/t19?,20-;;;;/m1..../s1. The molecular weight excluding hydrogens is 754 g/mol. The van der Waals surface area contributed by atoms with Crippen molar-refractivity contribution < 1.29 is 32.2 Å². The first-order valence-electron chi connectivity index (χ1n) is 19.8. The Morgan fingerprint density at radius 1 is 1.04 bits per heavy atom. The Hall–Kier alpha value is -4.27. The van der Waals surface area contributed by atoms with Crippen LogP contribution in [0.2, 0.25) is 0 Å². The summed E-state index contributed by atoms with van der Waals surface area (Å²) in [6, 6.07) is 6.24. The van der Waals surface area contributed by atoms with Gasteiger partial charge >= 0.3 is 12.7 Å². The van der Waals surface area contributed by atoms with Crippen LogP contribution in [0.15, 0.2) is 48.4 Å². The zero-order chi connectivity index (χ0) is 43.0. The Morgan fingerprint density at radius 3 is 2.33 bits per heavy atom. The highest BCUT2D eigenvalue weighted by molar-refractivity contribution is 7.17. The van der Waals surface area contributed by atoms with E-state index in [1.165, 1.54) is 18.7 Å². The number of thiophene rings is 1. The van der Waals surface area contributed by atoms with E-state index in [4.69, 9.17) is 19.8 Å². The second-order valence-corrected chi connectivity index (χ2v) is 14.4. The summed E-state index contributed by atoms with van der Waals surface area (Å²) in [5.74, 6) is -0.304. The van der Waals surface area contributed by atoms with Crippen molar-refractivity contribution in [2.45, 2.75) is 120 Å². The first-order chi connectivity index (χ1) is 27.2. The topological polar surface area (TPSA) is 94.8 Å². The summed E-state index contributed by atoms with van der Waals surface area (Å²) in [7, 11) is 2.14. The van der Waals surface area contributed by atoms with Crippen LogP contribution in [-0.2, 0) is 27.2 Å². The number of amides is 1. The summed E-state index contributed by atoms with van der Waals surface area (Å²) in [6.07, 6.45) is 5.20. The maximum absolute atomic E-state index is 14.5. The maximum Gasteiger partial charge on any atom is 0.410 e. The minimum atomic E-state index is -2.71. The van der Waals surface area contributed by atoms with E-state index in [1.54, 1.807) is 22.3 Å². The molecule has 0 saturated carbocycles. The molecule has 0 N–H and O–H groups in total. The molecule has 0 aliphatic carbocycles. The summed E-state index contributed by atoms with van der Waals surface area (Å²) in [4.78, 5) is 27.1. The zero-order valence-electron chi connectivity index (χ0n) is 36.1. The summed E-state index contributed by atoms with van der Waals surface area (Å²) in [5.41, 5.74) is 6.34. The molecule has 57 heavy (non-hydrogen) atoms. The van der Waals surface area contributed by atoms with Crippen molar-refractivity contribution in [1.82, 2.24) is 29.5 Å². The van der Waals surface area contributed by atoms with Crippen molar-refractivity contribution in [2.75, 3.05) is 33.4 Å². The zero-order valence-corrected chi connectivity index (χ0v) is 36.9. The van der Waals surface area contributed by atoms with Crippen LogP contribution in [0.25, 0.3) is 38.8 Å². The van der Waals surface area contributed by atoms with Crippen molar-refractivity contribution in [1.29, 1.82) is 0 Å². The van der Waals surface area contributed by atoms with Gasteiger partial charge in [0.2, 0.25) is 0 Å². The van der Waals surface area contributed by atoms with Crippen LogP contribution in [0.4, 0.5) is 18.0 Å². The number of rotatable bonds is 8. The van der Waals surface area contributed by atoms with Crippen molar-refractivity contribution >= 4 is 33.6 Å². The highest BCUT2D eigenvalue weighted by Gasteiger charge is 2.33. The molecule has 0 saturated heterocycles. The second kappa shape index (κ2) is 23.2. The summed E-state index contributed by atoms with van der Waals surface area (Å²) in [6.45, 7) is 25.7. The van der Waals surface area contributed by atoms with Crippen LogP contribution in [0.5, 0.6) is 0 Å². The fourth-order valence-electron chi connectivity index (χ4n) is 6.17. The number of pyridine rings is 2. The number of fused-ring (bicyclic) bond motifs is 3. The van der Waals surface area contributed by atoms with Crippen LogP contribution in [0.1, 0.15) is 118 Å². The van der Waals surface area contributed by atoms with Gasteiger partial charge in [0.15, 0.2) is 0 Å². The molecule has 1 unspecified atom stereocenters. The average Bonchev–Trinajstić information content (AvgIpc) is 3.86. The summed E-state index contributed by atoms with van der Waals surface area (Å²) in [5, 5.41) is 7.91. The molecule has 4 aromatic heterocycles. The van der Waals surface area contributed by atoms with E-state index in [-0.39, 0.29) is 37.2 Å². The van der Waals surface area contributed by atoms with Gasteiger partial charge in [0.1, 0.15) is 17.9 Å². The number of hydrogen-bond donors (Lipinski definition) is 0. The van der Waals surface area contributed by atoms with E-state index in [9.17, 15) is 18.0 Å². The second-order valence-electron chi connectivity index (χ2n) is 13.5. The lowest BCUT2D eigenvalue weighted by atomic mass is 9.95. The summed E-state index contributed by atoms with van der Waals surface area (Å²) >= 11 is 1.56. The van der Waals surface area contributed by atoms with E-state index in [1.807, 2.05) is 97.6 Å². The molecule has 4 aromatic rings. The van der Waals surface area contributed by atoms with Gasteiger partial charge in [0.05, 0.1) is 48.4 Å². The van der Waals surface area contributed by atoms with Gasteiger partial charge in [0.25, 0.3) is 0 Å². The minimum Gasteiger partial charge on any atom is -0.499 e. The van der Waals surface area contributed by atoms with Gasteiger partial charge < -0.3 is 14.2 Å².